The predicted octanol–water partition coefficient (Wildman–Crippen LogP) is 2.98. The second-order valence-electron chi connectivity index (χ2n) is 1.86. The summed E-state index contributed by atoms with van der Waals surface area (Å²) in [4.78, 5) is 4.90. The fourth-order valence-electron chi connectivity index (χ4n) is 0.606. The quantitative estimate of drug-likeness (QED) is 0.377. The van der Waals surface area contributed by atoms with Crippen LogP contribution in [0.1, 0.15) is 13.8 Å². The van der Waals surface area contributed by atoms with Crippen LogP contribution in [0.5, 0.6) is 0 Å². The Morgan fingerprint density at radius 2 is 2.09 bits per heavy atom. The number of thiol groups is 1. The third-order valence-corrected chi connectivity index (χ3v) is 1.43. The molecular weight excluding hydrogens is 154 g/mol. The van der Waals surface area contributed by atoms with Gasteiger partial charge in [-0.1, -0.05) is 18.7 Å². The normalized spacial score (nSPS) is 14.1. The molecule has 0 aromatic carbocycles. The Balaban J connectivity index is 4.66. The number of hydrogen-bond donors (Lipinski definition) is 1. The zero-order valence-electron chi connectivity index (χ0n) is 6.91. The van der Waals surface area contributed by atoms with E-state index in [9.17, 15) is 0 Å². The Kier molecular flexibility index (Phi) is 5.57. The summed E-state index contributed by atoms with van der Waals surface area (Å²) < 4.78 is 0. The van der Waals surface area contributed by atoms with Gasteiger partial charge in [0.25, 0.3) is 0 Å². The minimum Gasteiger partial charge on any atom is -0.260 e. The van der Waals surface area contributed by atoms with Gasteiger partial charge in [-0.05, 0) is 19.9 Å². The van der Waals surface area contributed by atoms with Crippen molar-refractivity contribution in [2.75, 3.05) is 0 Å². The molecule has 0 rings (SSSR count). The van der Waals surface area contributed by atoms with E-state index < -0.39 is 0 Å². The topological polar surface area (TPSA) is 12.4 Å². The van der Waals surface area contributed by atoms with Crippen molar-refractivity contribution in [3.63, 3.8) is 0 Å². The average molecular weight is 167 g/mol. The van der Waals surface area contributed by atoms with E-state index >= 15 is 0 Å². The molecule has 0 aliphatic carbocycles. The van der Waals surface area contributed by atoms with Gasteiger partial charge in [0, 0.05) is 11.1 Å². The van der Waals surface area contributed by atoms with Gasteiger partial charge in [0.05, 0.1) is 5.70 Å². The molecule has 0 unspecified atom stereocenters. The molecule has 0 N–H and O–H groups in total. The molecule has 0 heterocycles. The smallest absolute Gasteiger partial charge is 0.0752 e. The van der Waals surface area contributed by atoms with E-state index in [1.54, 1.807) is 12.3 Å². The van der Waals surface area contributed by atoms with Crippen LogP contribution in [0, 0.1) is 0 Å². The highest BCUT2D eigenvalue weighted by molar-refractivity contribution is 7.84. The van der Waals surface area contributed by atoms with Gasteiger partial charge in [-0.15, -0.1) is 12.6 Å². The Morgan fingerprint density at radius 3 is 2.45 bits per heavy atom. The Morgan fingerprint density at radius 1 is 1.45 bits per heavy atom. The van der Waals surface area contributed by atoms with E-state index in [0.717, 1.165) is 10.6 Å². The molecule has 0 aliphatic heterocycles. The van der Waals surface area contributed by atoms with Gasteiger partial charge >= 0.3 is 0 Å². The lowest BCUT2D eigenvalue weighted by Gasteiger charge is -1.94. The average Bonchev–Trinajstić information content (AvgIpc) is 2.00. The van der Waals surface area contributed by atoms with Gasteiger partial charge in [0.2, 0.25) is 0 Å². The monoisotopic (exact) mass is 167 g/mol. The van der Waals surface area contributed by atoms with Crippen LogP contribution < -0.4 is 0 Å². The van der Waals surface area contributed by atoms with Gasteiger partial charge in [-0.3, -0.25) is 4.99 Å². The van der Waals surface area contributed by atoms with Crippen molar-refractivity contribution < 1.29 is 0 Å². The first-order valence-corrected chi connectivity index (χ1v) is 3.88. The van der Waals surface area contributed by atoms with E-state index in [2.05, 4.69) is 24.2 Å². The summed E-state index contributed by atoms with van der Waals surface area (Å²) in [5.74, 6) is 0. The highest BCUT2D eigenvalue weighted by Gasteiger charge is 1.90. The number of aliphatic imine (C=N–C) groups is 1. The van der Waals surface area contributed by atoms with E-state index in [1.165, 1.54) is 0 Å². The van der Waals surface area contributed by atoms with Crippen LogP contribution in [0.25, 0.3) is 0 Å². The minimum atomic E-state index is 0.800. The second-order valence-corrected chi connectivity index (χ2v) is 2.34. The van der Waals surface area contributed by atoms with Crippen molar-refractivity contribution in [3.8, 4) is 0 Å². The SMILES string of the molecule is C=C/C(N=CC)=C(S)\C=C/C. The predicted molar refractivity (Wildman–Crippen MR) is 55.2 cm³/mol. The van der Waals surface area contributed by atoms with Gasteiger partial charge < -0.3 is 0 Å². The van der Waals surface area contributed by atoms with Gasteiger partial charge in [0.1, 0.15) is 0 Å². The van der Waals surface area contributed by atoms with E-state index in [1.807, 2.05) is 26.0 Å². The maximum atomic E-state index is 4.23. The van der Waals surface area contributed by atoms with Gasteiger partial charge in [-0.25, -0.2) is 0 Å². The summed E-state index contributed by atoms with van der Waals surface area (Å²) in [6.45, 7) is 7.43. The standard InChI is InChI=1S/C9H13NS/c1-4-7-9(11)8(5-2)10-6-3/h4-7,11H,2H2,1,3H3/b7-4-,9-8-,10-6?. The second kappa shape index (κ2) is 5.98. The largest absolute Gasteiger partial charge is 0.260 e. The molecule has 1 nitrogen and oxygen atoms in total. The highest BCUT2D eigenvalue weighted by atomic mass is 32.1. The lowest BCUT2D eigenvalue weighted by molar-refractivity contribution is 1.41. The number of hydrogen-bond acceptors (Lipinski definition) is 2. The third kappa shape index (κ3) is 3.83. The molecule has 0 bridgehead atoms. The Hall–Kier alpha value is -0.760. The number of allylic oxidation sites excluding steroid dienone is 3. The van der Waals surface area contributed by atoms with E-state index in [4.69, 9.17) is 0 Å². The summed E-state index contributed by atoms with van der Waals surface area (Å²) in [5.41, 5.74) is 0.800. The van der Waals surface area contributed by atoms with Crippen molar-refractivity contribution in [1.29, 1.82) is 0 Å². The Bertz CT molecular complexity index is 212. The summed E-state index contributed by atoms with van der Waals surface area (Å²) in [7, 11) is 0. The first-order valence-electron chi connectivity index (χ1n) is 3.43. The van der Waals surface area contributed by atoms with Crippen molar-refractivity contribution in [1.82, 2.24) is 0 Å². The molecule has 0 aromatic rings. The fourth-order valence-corrected chi connectivity index (χ4v) is 0.904. The number of rotatable bonds is 3. The summed E-state index contributed by atoms with van der Waals surface area (Å²) in [6, 6.07) is 0. The highest BCUT2D eigenvalue weighted by Crippen LogP contribution is 2.12. The molecule has 0 fully saturated rings. The van der Waals surface area contributed by atoms with Crippen LogP contribution in [0.3, 0.4) is 0 Å². The molecule has 0 atom stereocenters. The maximum absolute atomic E-state index is 4.23. The van der Waals surface area contributed by atoms with Crippen molar-refractivity contribution in [3.05, 3.63) is 35.4 Å². The zero-order chi connectivity index (χ0) is 8.69. The van der Waals surface area contributed by atoms with Crippen LogP contribution in [0.4, 0.5) is 0 Å². The summed E-state index contributed by atoms with van der Waals surface area (Å²) in [6.07, 6.45) is 7.20. The van der Waals surface area contributed by atoms with Crippen LogP contribution in [0.15, 0.2) is 40.4 Å². The van der Waals surface area contributed by atoms with E-state index in [0.29, 0.717) is 0 Å². The molecule has 0 aromatic heterocycles. The summed E-state index contributed by atoms with van der Waals surface area (Å²) >= 11 is 4.23. The fraction of sp³-hybridized carbons (Fsp3) is 0.222. The van der Waals surface area contributed by atoms with Crippen LogP contribution >= 0.6 is 12.6 Å². The molecule has 0 saturated heterocycles. The first-order chi connectivity index (χ1) is 5.26. The summed E-state index contributed by atoms with van der Waals surface area (Å²) in [5, 5.41) is 0. The molecule has 0 aliphatic rings. The van der Waals surface area contributed by atoms with Crippen LogP contribution in [-0.2, 0) is 0 Å². The number of nitrogens with zero attached hydrogens (tertiary/aromatic N) is 1. The minimum absolute atomic E-state index is 0.800. The van der Waals surface area contributed by atoms with Crippen molar-refractivity contribution in [2.24, 2.45) is 4.99 Å². The van der Waals surface area contributed by atoms with Crippen molar-refractivity contribution >= 4 is 18.8 Å². The maximum Gasteiger partial charge on any atom is 0.0752 e. The lowest BCUT2D eigenvalue weighted by atomic mass is 10.3. The molecule has 0 amide bonds. The van der Waals surface area contributed by atoms with Gasteiger partial charge in [-0.2, -0.15) is 0 Å². The van der Waals surface area contributed by atoms with Crippen molar-refractivity contribution in [2.45, 2.75) is 13.8 Å². The molecular formula is C9H13NS. The lowest BCUT2D eigenvalue weighted by Crippen LogP contribution is -1.75. The molecule has 11 heavy (non-hydrogen) atoms. The zero-order valence-corrected chi connectivity index (χ0v) is 7.81. The molecule has 2 heteroatoms. The first kappa shape index (κ1) is 10.2. The molecule has 0 spiro atoms. The van der Waals surface area contributed by atoms with Crippen LogP contribution in [0.2, 0.25) is 0 Å². The van der Waals surface area contributed by atoms with Crippen LogP contribution in [-0.4, -0.2) is 6.21 Å². The van der Waals surface area contributed by atoms with E-state index in [-0.39, 0.29) is 0 Å². The van der Waals surface area contributed by atoms with Gasteiger partial charge in [0.15, 0.2) is 0 Å². The molecule has 0 saturated carbocycles. The molecule has 60 valence electrons. The Labute approximate surface area is 73.6 Å². The third-order valence-electron chi connectivity index (χ3n) is 1.05. The molecule has 0 radical (unpaired) electrons.